The minimum absolute atomic E-state index is 0.0475. The average Bonchev–Trinajstić information content (AvgIpc) is 2.47. The van der Waals surface area contributed by atoms with Crippen molar-refractivity contribution in [1.82, 2.24) is 10.6 Å². The maximum Gasteiger partial charge on any atom is 0.315 e. The van der Waals surface area contributed by atoms with E-state index in [2.05, 4.69) is 10.6 Å². The third kappa shape index (κ3) is 4.91. The maximum atomic E-state index is 12.2. The van der Waals surface area contributed by atoms with Crippen LogP contribution in [0.15, 0.2) is 18.2 Å². The quantitative estimate of drug-likeness (QED) is 0.725. The van der Waals surface area contributed by atoms with Crippen molar-refractivity contribution in [3.05, 3.63) is 29.3 Å². The fourth-order valence-corrected chi connectivity index (χ4v) is 2.35. The van der Waals surface area contributed by atoms with E-state index in [1.165, 1.54) is 0 Å². The minimum Gasteiger partial charge on any atom is -0.496 e. The zero-order chi connectivity index (χ0) is 16.8. The number of benzene rings is 1. The Morgan fingerprint density at radius 3 is 2.68 bits per heavy atom. The lowest BCUT2D eigenvalue weighted by Gasteiger charge is -2.30. The van der Waals surface area contributed by atoms with Crippen LogP contribution in [0.25, 0.3) is 0 Å². The van der Waals surface area contributed by atoms with Crippen molar-refractivity contribution >= 4 is 6.03 Å². The minimum atomic E-state index is -0.407. The molecule has 124 valence electrons. The van der Waals surface area contributed by atoms with Gasteiger partial charge in [0.15, 0.2) is 0 Å². The van der Waals surface area contributed by atoms with Gasteiger partial charge in [-0.05, 0) is 39.7 Å². The second-order valence-corrected chi connectivity index (χ2v) is 5.95. The Labute approximate surface area is 133 Å². The number of carbonyl (C=O) groups is 1. The number of aliphatic hydroxyl groups excluding tert-OH is 1. The predicted molar refractivity (Wildman–Crippen MR) is 88.2 cm³/mol. The lowest BCUT2D eigenvalue weighted by atomic mass is 9.95. The number of aryl methyl sites for hydroxylation is 1. The summed E-state index contributed by atoms with van der Waals surface area (Å²) in [6, 6.07) is 5.47. The van der Waals surface area contributed by atoms with Crippen LogP contribution in [-0.2, 0) is 0 Å². The molecule has 0 aliphatic rings. The molecule has 22 heavy (non-hydrogen) atoms. The second-order valence-electron chi connectivity index (χ2n) is 5.95. The van der Waals surface area contributed by atoms with E-state index in [1.807, 2.05) is 45.9 Å². The van der Waals surface area contributed by atoms with Gasteiger partial charge >= 0.3 is 6.03 Å². The smallest absolute Gasteiger partial charge is 0.315 e. The number of hydrogen-bond acceptors (Lipinski definition) is 3. The molecule has 2 unspecified atom stereocenters. The van der Waals surface area contributed by atoms with Gasteiger partial charge in [-0.1, -0.05) is 24.6 Å². The van der Waals surface area contributed by atoms with Gasteiger partial charge in [-0.25, -0.2) is 4.79 Å². The summed E-state index contributed by atoms with van der Waals surface area (Å²) < 4.78 is 5.36. The largest absolute Gasteiger partial charge is 0.496 e. The van der Waals surface area contributed by atoms with Crippen molar-refractivity contribution in [2.75, 3.05) is 13.7 Å². The van der Waals surface area contributed by atoms with Crippen LogP contribution in [0.1, 0.15) is 50.8 Å². The van der Waals surface area contributed by atoms with Crippen LogP contribution < -0.4 is 15.4 Å². The van der Waals surface area contributed by atoms with E-state index in [0.29, 0.717) is 6.42 Å². The summed E-state index contributed by atoms with van der Waals surface area (Å²) >= 11 is 0. The van der Waals surface area contributed by atoms with Gasteiger partial charge in [0.25, 0.3) is 0 Å². The fraction of sp³-hybridized carbons (Fsp3) is 0.588. The highest BCUT2D eigenvalue weighted by molar-refractivity contribution is 5.75. The van der Waals surface area contributed by atoms with Crippen LogP contribution in [-0.4, -0.2) is 30.4 Å². The van der Waals surface area contributed by atoms with Gasteiger partial charge in [0, 0.05) is 17.7 Å². The van der Waals surface area contributed by atoms with Crippen LogP contribution in [0.5, 0.6) is 5.75 Å². The van der Waals surface area contributed by atoms with E-state index in [-0.39, 0.29) is 18.7 Å². The zero-order valence-electron chi connectivity index (χ0n) is 14.2. The normalized spacial score (nSPS) is 14.8. The van der Waals surface area contributed by atoms with Crippen molar-refractivity contribution in [1.29, 1.82) is 0 Å². The number of ether oxygens (including phenoxy) is 1. The molecule has 2 amide bonds. The van der Waals surface area contributed by atoms with Crippen molar-refractivity contribution in [3.63, 3.8) is 0 Å². The highest BCUT2D eigenvalue weighted by atomic mass is 16.5. The average molecular weight is 308 g/mol. The molecule has 5 nitrogen and oxygen atoms in total. The third-order valence-corrected chi connectivity index (χ3v) is 4.06. The van der Waals surface area contributed by atoms with Gasteiger partial charge in [0.05, 0.1) is 13.2 Å². The Hall–Kier alpha value is -1.75. The third-order valence-electron chi connectivity index (χ3n) is 4.06. The number of hydrogen-bond donors (Lipinski definition) is 3. The molecule has 0 aliphatic heterocycles. The molecule has 0 saturated carbocycles. The van der Waals surface area contributed by atoms with Gasteiger partial charge in [0.1, 0.15) is 5.75 Å². The maximum absolute atomic E-state index is 12.2. The first-order valence-electron chi connectivity index (χ1n) is 7.69. The zero-order valence-corrected chi connectivity index (χ0v) is 14.2. The Morgan fingerprint density at radius 2 is 2.14 bits per heavy atom. The number of urea groups is 1. The number of amides is 2. The first kappa shape index (κ1) is 18.3. The SMILES string of the molecule is CCC(C)(CCO)NC(=O)NC(C)c1cc(C)ccc1OC. The summed E-state index contributed by atoms with van der Waals surface area (Å²) in [7, 11) is 1.62. The van der Waals surface area contributed by atoms with Gasteiger partial charge in [-0.3, -0.25) is 0 Å². The summed E-state index contributed by atoms with van der Waals surface area (Å²) in [5.74, 6) is 0.756. The van der Waals surface area contributed by atoms with E-state index < -0.39 is 5.54 Å². The Kier molecular flexibility index (Phi) is 6.68. The predicted octanol–water partition coefficient (Wildman–Crippen LogP) is 2.91. The first-order valence-corrected chi connectivity index (χ1v) is 7.69. The van der Waals surface area contributed by atoms with E-state index in [1.54, 1.807) is 7.11 Å². The van der Waals surface area contributed by atoms with Gasteiger partial charge < -0.3 is 20.5 Å². The molecule has 0 fully saturated rings. The molecule has 0 heterocycles. The summed E-state index contributed by atoms with van der Waals surface area (Å²) in [5.41, 5.74) is 1.65. The molecule has 0 saturated heterocycles. The number of methoxy groups -OCH3 is 1. The topological polar surface area (TPSA) is 70.6 Å². The molecular formula is C17H28N2O3. The summed E-state index contributed by atoms with van der Waals surface area (Å²) in [4.78, 5) is 12.2. The summed E-state index contributed by atoms with van der Waals surface area (Å²) in [5, 5.41) is 15.0. The second kappa shape index (κ2) is 8.03. The molecule has 0 aromatic heterocycles. The lowest BCUT2D eigenvalue weighted by Crippen LogP contribution is -2.50. The van der Waals surface area contributed by atoms with Crippen molar-refractivity contribution < 1.29 is 14.6 Å². The number of rotatable bonds is 7. The molecular weight excluding hydrogens is 280 g/mol. The van der Waals surface area contributed by atoms with Crippen molar-refractivity contribution in [2.24, 2.45) is 0 Å². The molecule has 0 aliphatic carbocycles. The Balaban J connectivity index is 2.78. The van der Waals surface area contributed by atoms with Crippen LogP contribution in [0.4, 0.5) is 4.79 Å². The number of aliphatic hydroxyl groups is 1. The molecule has 0 bridgehead atoms. The molecule has 1 aromatic carbocycles. The van der Waals surface area contributed by atoms with Gasteiger partial charge in [-0.15, -0.1) is 0 Å². The van der Waals surface area contributed by atoms with Crippen LogP contribution in [0, 0.1) is 6.92 Å². The van der Waals surface area contributed by atoms with Crippen LogP contribution >= 0.6 is 0 Å². The Morgan fingerprint density at radius 1 is 1.45 bits per heavy atom. The summed E-state index contributed by atoms with van der Waals surface area (Å²) in [6.07, 6.45) is 1.28. The molecule has 0 radical (unpaired) electrons. The first-order chi connectivity index (χ1) is 10.3. The molecule has 2 atom stereocenters. The van der Waals surface area contributed by atoms with Gasteiger partial charge in [0.2, 0.25) is 0 Å². The lowest BCUT2D eigenvalue weighted by molar-refractivity contribution is 0.199. The highest BCUT2D eigenvalue weighted by Crippen LogP contribution is 2.26. The fourth-order valence-electron chi connectivity index (χ4n) is 2.35. The van der Waals surface area contributed by atoms with Crippen LogP contribution in [0.3, 0.4) is 0 Å². The van der Waals surface area contributed by atoms with E-state index >= 15 is 0 Å². The molecule has 5 heteroatoms. The van der Waals surface area contributed by atoms with E-state index in [4.69, 9.17) is 9.84 Å². The van der Waals surface area contributed by atoms with Gasteiger partial charge in [-0.2, -0.15) is 0 Å². The Bertz CT molecular complexity index is 505. The summed E-state index contributed by atoms with van der Waals surface area (Å²) in [6.45, 7) is 7.90. The van der Waals surface area contributed by atoms with E-state index in [0.717, 1.165) is 23.3 Å². The standard InChI is InChI=1S/C17H28N2O3/c1-6-17(4,9-10-20)19-16(21)18-13(3)14-11-12(2)7-8-15(14)22-5/h7-8,11,13,20H,6,9-10H2,1-5H3,(H2,18,19,21). The van der Waals surface area contributed by atoms with Crippen molar-refractivity contribution in [2.45, 2.75) is 52.1 Å². The molecule has 0 spiro atoms. The molecule has 1 aromatic rings. The number of nitrogens with one attached hydrogen (secondary N) is 2. The molecule has 1 rings (SSSR count). The van der Waals surface area contributed by atoms with Crippen molar-refractivity contribution in [3.8, 4) is 5.75 Å². The van der Waals surface area contributed by atoms with E-state index in [9.17, 15) is 4.79 Å². The number of carbonyl (C=O) groups excluding carboxylic acids is 1. The monoisotopic (exact) mass is 308 g/mol. The highest BCUT2D eigenvalue weighted by Gasteiger charge is 2.24. The molecule has 3 N–H and O–H groups in total. The van der Waals surface area contributed by atoms with Crippen LogP contribution in [0.2, 0.25) is 0 Å².